The second-order valence-electron chi connectivity index (χ2n) is 11.8. The number of benzene rings is 2. The Balaban J connectivity index is 1.24. The van der Waals surface area contributed by atoms with E-state index in [0.717, 1.165) is 62.0 Å². The molecule has 1 N–H and O–H groups in total. The van der Waals surface area contributed by atoms with E-state index in [2.05, 4.69) is 94.2 Å². The quantitative estimate of drug-likeness (QED) is 0.236. The van der Waals surface area contributed by atoms with Crippen molar-refractivity contribution in [3.05, 3.63) is 102 Å². The van der Waals surface area contributed by atoms with Gasteiger partial charge in [0, 0.05) is 47.7 Å². The van der Waals surface area contributed by atoms with E-state index in [1.165, 1.54) is 35.5 Å². The SMILES string of the molecule is Cc1cc([C@@H]2[C@H](c3ccccn3)NC(=S)N2c2ccc(OC3CCCC3)cc2)c(C)n1-c1ccc(N2CCOCC2)cc1. The van der Waals surface area contributed by atoms with Gasteiger partial charge in [0.15, 0.2) is 5.11 Å². The summed E-state index contributed by atoms with van der Waals surface area (Å²) in [6.07, 6.45) is 6.97. The van der Waals surface area contributed by atoms with E-state index in [9.17, 15) is 0 Å². The average molecular weight is 594 g/mol. The molecule has 0 bridgehead atoms. The summed E-state index contributed by atoms with van der Waals surface area (Å²) in [5, 5.41) is 4.32. The number of nitrogens with zero attached hydrogens (tertiary/aromatic N) is 4. The molecule has 2 aromatic heterocycles. The molecular weight excluding hydrogens is 554 g/mol. The highest BCUT2D eigenvalue weighted by Gasteiger charge is 2.42. The smallest absolute Gasteiger partial charge is 0.174 e. The van der Waals surface area contributed by atoms with Gasteiger partial charge in [-0.2, -0.15) is 0 Å². The molecule has 7 rings (SSSR count). The first-order valence-corrected chi connectivity index (χ1v) is 15.9. The van der Waals surface area contributed by atoms with Gasteiger partial charge in [0.1, 0.15) is 5.75 Å². The van der Waals surface area contributed by atoms with Crippen molar-refractivity contribution in [3.63, 3.8) is 0 Å². The van der Waals surface area contributed by atoms with Crippen LogP contribution in [0, 0.1) is 13.8 Å². The number of morpholine rings is 1. The van der Waals surface area contributed by atoms with E-state index in [-0.39, 0.29) is 12.1 Å². The van der Waals surface area contributed by atoms with Crippen LogP contribution >= 0.6 is 12.2 Å². The minimum absolute atomic E-state index is 0.0726. The first-order chi connectivity index (χ1) is 21.1. The van der Waals surface area contributed by atoms with Gasteiger partial charge < -0.3 is 29.2 Å². The molecule has 4 heterocycles. The molecule has 2 aromatic carbocycles. The Morgan fingerprint density at radius 3 is 2.28 bits per heavy atom. The standard InChI is InChI=1S/C35H39N5O2S/c1-24-23-31(25(2)39(24)27-12-10-26(11-13-27)38-19-21-41-22-20-38)34-33(32-9-5-6-18-36-32)37-35(43)40(34)28-14-16-30(17-15-28)42-29-7-3-4-8-29/h5-6,9-18,23,29,33-34H,3-4,7-8,19-22H2,1-2H3,(H,37,43)/t33-,34+/m0/s1. The summed E-state index contributed by atoms with van der Waals surface area (Å²) >= 11 is 6.01. The molecule has 1 saturated carbocycles. The lowest BCUT2D eigenvalue weighted by Crippen LogP contribution is -2.36. The maximum atomic E-state index is 6.27. The second kappa shape index (κ2) is 12.0. The zero-order valence-electron chi connectivity index (χ0n) is 24.9. The molecule has 43 heavy (non-hydrogen) atoms. The van der Waals surface area contributed by atoms with Gasteiger partial charge in [-0.3, -0.25) is 4.98 Å². The summed E-state index contributed by atoms with van der Waals surface area (Å²) in [4.78, 5) is 9.39. The minimum atomic E-state index is -0.0965. The number of nitrogens with one attached hydrogen (secondary N) is 1. The Morgan fingerprint density at radius 1 is 0.884 bits per heavy atom. The summed E-state index contributed by atoms with van der Waals surface area (Å²) in [6.45, 7) is 7.81. The van der Waals surface area contributed by atoms with E-state index < -0.39 is 0 Å². The maximum Gasteiger partial charge on any atom is 0.174 e. The molecule has 0 amide bonds. The molecule has 4 aromatic rings. The third kappa shape index (κ3) is 5.50. The number of hydrogen-bond acceptors (Lipinski definition) is 5. The van der Waals surface area contributed by atoms with E-state index in [1.54, 1.807) is 0 Å². The van der Waals surface area contributed by atoms with E-state index in [1.807, 2.05) is 18.3 Å². The van der Waals surface area contributed by atoms with Crippen molar-refractivity contribution in [1.29, 1.82) is 0 Å². The summed E-state index contributed by atoms with van der Waals surface area (Å²) in [7, 11) is 0. The van der Waals surface area contributed by atoms with Crippen molar-refractivity contribution in [2.24, 2.45) is 0 Å². The number of ether oxygens (including phenoxy) is 2. The van der Waals surface area contributed by atoms with Gasteiger partial charge in [0.2, 0.25) is 0 Å². The zero-order valence-corrected chi connectivity index (χ0v) is 25.7. The first-order valence-electron chi connectivity index (χ1n) is 15.5. The molecule has 0 unspecified atom stereocenters. The molecule has 8 heteroatoms. The highest BCUT2D eigenvalue weighted by molar-refractivity contribution is 7.80. The topological polar surface area (TPSA) is 54.8 Å². The van der Waals surface area contributed by atoms with Gasteiger partial charge in [-0.25, -0.2) is 0 Å². The normalized spacial score (nSPS) is 20.9. The predicted molar refractivity (Wildman–Crippen MR) is 176 cm³/mol. The fraction of sp³-hybridized carbons (Fsp3) is 0.371. The highest BCUT2D eigenvalue weighted by atomic mass is 32.1. The lowest BCUT2D eigenvalue weighted by molar-refractivity contribution is 0.122. The molecule has 1 aliphatic carbocycles. The fourth-order valence-electron chi connectivity index (χ4n) is 6.95. The second-order valence-corrected chi connectivity index (χ2v) is 12.2. The van der Waals surface area contributed by atoms with E-state index >= 15 is 0 Å². The zero-order chi connectivity index (χ0) is 29.3. The number of anilines is 2. The van der Waals surface area contributed by atoms with Crippen LogP contribution in [-0.2, 0) is 4.74 Å². The van der Waals surface area contributed by atoms with Gasteiger partial charge in [-0.1, -0.05) is 6.07 Å². The van der Waals surface area contributed by atoms with Crippen molar-refractivity contribution in [3.8, 4) is 11.4 Å². The molecular formula is C35H39N5O2S. The molecule has 2 atom stereocenters. The molecule has 3 aliphatic rings. The number of rotatable bonds is 7. The van der Waals surface area contributed by atoms with E-state index in [4.69, 9.17) is 26.7 Å². The number of aromatic nitrogens is 2. The van der Waals surface area contributed by atoms with Crippen LogP contribution in [0.2, 0.25) is 0 Å². The summed E-state index contributed by atoms with van der Waals surface area (Å²) in [6, 6.07) is 25.6. The Morgan fingerprint density at radius 2 is 1.58 bits per heavy atom. The fourth-order valence-corrected chi connectivity index (χ4v) is 7.30. The number of aryl methyl sites for hydroxylation is 1. The molecule has 7 nitrogen and oxygen atoms in total. The minimum Gasteiger partial charge on any atom is -0.490 e. The summed E-state index contributed by atoms with van der Waals surface area (Å²) < 4.78 is 14.2. The van der Waals surface area contributed by atoms with Crippen molar-refractivity contribution >= 4 is 28.7 Å². The summed E-state index contributed by atoms with van der Waals surface area (Å²) in [5.41, 5.74) is 8.01. The van der Waals surface area contributed by atoms with Crippen LogP contribution < -0.4 is 19.9 Å². The lowest BCUT2D eigenvalue weighted by atomic mass is 9.96. The number of pyridine rings is 1. The molecule has 2 saturated heterocycles. The molecule has 2 aliphatic heterocycles. The monoisotopic (exact) mass is 593 g/mol. The van der Waals surface area contributed by atoms with Crippen LogP contribution in [0.1, 0.15) is 60.4 Å². The van der Waals surface area contributed by atoms with Crippen LogP contribution in [0.4, 0.5) is 11.4 Å². The molecule has 3 fully saturated rings. The Hall–Kier alpha value is -3.88. The first kappa shape index (κ1) is 27.9. The van der Waals surface area contributed by atoms with Gasteiger partial charge in [0.25, 0.3) is 0 Å². The predicted octanol–water partition coefficient (Wildman–Crippen LogP) is 6.82. The van der Waals surface area contributed by atoms with Crippen molar-refractivity contribution < 1.29 is 9.47 Å². The van der Waals surface area contributed by atoms with Crippen LogP contribution in [0.3, 0.4) is 0 Å². The lowest BCUT2D eigenvalue weighted by Gasteiger charge is -2.29. The Bertz CT molecular complexity index is 1560. The van der Waals surface area contributed by atoms with Gasteiger partial charge in [0.05, 0.1) is 37.1 Å². The van der Waals surface area contributed by atoms with E-state index in [0.29, 0.717) is 11.2 Å². The number of thiocarbonyl (C=S) groups is 1. The van der Waals surface area contributed by atoms with Crippen molar-refractivity contribution in [2.75, 3.05) is 36.1 Å². The largest absolute Gasteiger partial charge is 0.490 e. The van der Waals surface area contributed by atoms with Crippen molar-refractivity contribution in [2.45, 2.75) is 57.7 Å². The van der Waals surface area contributed by atoms with Crippen molar-refractivity contribution in [1.82, 2.24) is 14.9 Å². The summed E-state index contributed by atoms with van der Waals surface area (Å²) in [5.74, 6) is 0.922. The van der Waals surface area contributed by atoms with Gasteiger partial charge in [-0.05, 0) is 124 Å². The highest BCUT2D eigenvalue weighted by Crippen LogP contribution is 2.44. The maximum absolute atomic E-state index is 6.27. The average Bonchev–Trinajstić information content (AvgIpc) is 3.76. The molecule has 0 spiro atoms. The molecule has 222 valence electrons. The number of hydrogen-bond donors (Lipinski definition) is 1. The third-order valence-corrected chi connectivity index (χ3v) is 9.41. The Labute approximate surface area is 259 Å². The van der Waals surface area contributed by atoms with Gasteiger partial charge >= 0.3 is 0 Å². The Kier molecular flexibility index (Phi) is 7.80. The van der Waals surface area contributed by atoms with Gasteiger partial charge in [-0.15, -0.1) is 0 Å². The third-order valence-electron chi connectivity index (χ3n) is 9.09. The van der Waals surface area contributed by atoms with Crippen LogP contribution in [-0.4, -0.2) is 47.1 Å². The van der Waals surface area contributed by atoms with Crippen LogP contribution in [0.15, 0.2) is 79.0 Å². The van der Waals surface area contributed by atoms with Crippen LogP contribution in [0.5, 0.6) is 5.75 Å². The molecule has 0 radical (unpaired) electrons. The van der Waals surface area contributed by atoms with Crippen LogP contribution in [0.25, 0.3) is 5.69 Å².